The second-order valence-electron chi connectivity index (χ2n) is 6.53. The van der Waals surface area contributed by atoms with Crippen LogP contribution in [0.3, 0.4) is 0 Å². The lowest BCUT2D eigenvalue weighted by Crippen LogP contribution is -2.09. The Morgan fingerprint density at radius 2 is 0.893 bits per heavy atom. The first-order valence-corrected chi connectivity index (χ1v) is 9.26. The van der Waals surface area contributed by atoms with Gasteiger partial charge >= 0.3 is 0 Å². The molecule has 2 atom stereocenters. The van der Waals surface area contributed by atoms with Gasteiger partial charge in [0, 0.05) is 24.0 Å². The van der Waals surface area contributed by atoms with E-state index in [1.807, 2.05) is 84.9 Å². The smallest absolute Gasteiger partial charge is 0.119 e. The summed E-state index contributed by atoms with van der Waals surface area (Å²) in [5, 5.41) is 20.2. The topological polar surface area (TPSA) is 40.5 Å². The van der Waals surface area contributed by atoms with E-state index in [0.29, 0.717) is 12.8 Å². The van der Waals surface area contributed by atoms with E-state index in [9.17, 15) is 10.2 Å². The van der Waals surface area contributed by atoms with Crippen molar-refractivity contribution in [2.45, 2.75) is 25.0 Å². The minimum absolute atomic E-state index is 0.469. The van der Waals surface area contributed by atoms with E-state index in [-0.39, 0.29) is 0 Å². The summed E-state index contributed by atoms with van der Waals surface area (Å²) in [5.41, 5.74) is 3.79. The van der Waals surface area contributed by atoms with Gasteiger partial charge in [-0.15, -0.1) is 0 Å². The van der Waals surface area contributed by atoms with Crippen molar-refractivity contribution >= 4 is 0 Å². The first kappa shape index (κ1) is 19.5. The molecule has 0 heterocycles. The SMILES string of the molecule is OC(C#Cc1ccccc1)Cc1ccc(CC(O)C#Cc2ccccc2)cc1. The van der Waals surface area contributed by atoms with Crippen LogP contribution >= 0.6 is 0 Å². The normalized spacial score (nSPS) is 12.1. The van der Waals surface area contributed by atoms with Crippen molar-refractivity contribution in [1.82, 2.24) is 0 Å². The van der Waals surface area contributed by atoms with Gasteiger partial charge in [-0.3, -0.25) is 0 Å². The van der Waals surface area contributed by atoms with Crippen molar-refractivity contribution < 1.29 is 10.2 Å². The van der Waals surface area contributed by atoms with E-state index in [2.05, 4.69) is 23.7 Å². The van der Waals surface area contributed by atoms with Gasteiger partial charge < -0.3 is 10.2 Å². The number of hydrogen-bond acceptors (Lipinski definition) is 2. The van der Waals surface area contributed by atoms with Crippen LogP contribution in [0.5, 0.6) is 0 Å². The number of aliphatic hydroxyl groups is 2. The Bertz CT molecular complexity index is 900. The third-order valence-electron chi connectivity index (χ3n) is 4.19. The van der Waals surface area contributed by atoms with Crippen LogP contribution in [-0.2, 0) is 12.8 Å². The monoisotopic (exact) mass is 366 g/mol. The zero-order valence-corrected chi connectivity index (χ0v) is 15.5. The number of aliphatic hydroxyl groups excluding tert-OH is 2. The molecule has 2 heteroatoms. The number of rotatable bonds is 4. The van der Waals surface area contributed by atoms with E-state index in [4.69, 9.17) is 0 Å². The molecule has 2 nitrogen and oxygen atoms in total. The van der Waals surface area contributed by atoms with Gasteiger partial charge in [0.05, 0.1) is 0 Å². The lowest BCUT2D eigenvalue weighted by Gasteiger charge is -2.07. The van der Waals surface area contributed by atoms with Crippen LogP contribution in [0.15, 0.2) is 84.9 Å². The molecule has 28 heavy (non-hydrogen) atoms. The number of hydrogen-bond donors (Lipinski definition) is 2. The standard InChI is InChI=1S/C26H22O2/c27-25(17-15-21-7-3-1-4-8-21)19-23-11-13-24(14-12-23)20-26(28)18-16-22-9-5-2-6-10-22/h1-14,25-28H,19-20H2. The summed E-state index contributed by atoms with van der Waals surface area (Å²) < 4.78 is 0. The molecule has 0 fully saturated rings. The maximum atomic E-state index is 10.1. The molecule has 0 amide bonds. The third-order valence-corrected chi connectivity index (χ3v) is 4.19. The molecule has 2 N–H and O–H groups in total. The summed E-state index contributed by atoms with van der Waals surface area (Å²) in [5.74, 6) is 11.7. The minimum Gasteiger partial charge on any atom is -0.380 e. The summed E-state index contributed by atoms with van der Waals surface area (Å²) in [7, 11) is 0. The molecule has 138 valence electrons. The molecule has 3 aromatic rings. The van der Waals surface area contributed by atoms with Crippen LogP contribution in [-0.4, -0.2) is 22.4 Å². The first-order valence-electron chi connectivity index (χ1n) is 9.26. The van der Waals surface area contributed by atoms with E-state index in [0.717, 1.165) is 22.3 Å². The van der Waals surface area contributed by atoms with Crippen LogP contribution in [0.1, 0.15) is 22.3 Å². The molecule has 0 spiro atoms. The molecule has 0 radical (unpaired) electrons. The zero-order chi connectivity index (χ0) is 19.6. The van der Waals surface area contributed by atoms with Gasteiger partial charge in [-0.25, -0.2) is 0 Å². The highest BCUT2D eigenvalue weighted by molar-refractivity contribution is 5.36. The molecular formula is C26H22O2. The largest absolute Gasteiger partial charge is 0.380 e. The average molecular weight is 366 g/mol. The van der Waals surface area contributed by atoms with Gasteiger partial charge in [-0.05, 0) is 35.4 Å². The number of benzene rings is 3. The van der Waals surface area contributed by atoms with Gasteiger partial charge in [-0.1, -0.05) is 84.3 Å². The second-order valence-corrected chi connectivity index (χ2v) is 6.53. The van der Waals surface area contributed by atoms with Crippen LogP contribution in [0.4, 0.5) is 0 Å². The highest BCUT2D eigenvalue weighted by atomic mass is 16.3. The minimum atomic E-state index is -0.714. The summed E-state index contributed by atoms with van der Waals surface area (Å²) in [6.07, 6.45) is -0.491. The van der Waals surface area contributed by atoms with Crippen LogP contribution < -0.4 is 0 Å². The van der Waals surface area contributed by atoms with Crippen molar-refractivity contribution in [2.75, 3.05) is 0 Å². The lowest BCUT2D eigenvalue weighted by atomic mass is 10.0. The van der Waals surface area contributed by atoms with Crippen molar-refractivity contribution in [1.29, 1.82) is 0 Å². The van der Waals surface area contributed by atoms with Crippen molar-refractivity contribution in [2.24, 2.45) is 0 Å². The zero-order valence-electron chi connectivity index (χ0n) is 15.5. The summed E-state index contributed by atoms with van der Waals surface area (Å²) in [6.45, 7) is 0. The van der Waals surface area contributed by atoms with Crippen molar-refractivity contribution in [3.8, 4) is 23.7 Å². The van der Waals surface area contributed by atoms with Crippen LogP contribution in [0.25, 0.3) is 0 Å². The Balaban J connectivity index is 1.53. The fraction of sp³-hybridized carbons (Fsp3) is 0.154. The molecule has 3 rings (SSSR count). The Morgan fingerprint density at radius 1 is 0.536 bits per heavy atom. The Kier molecular flexibility index (Phi) is 7.05. The quantitative estimate of drug-likeness (QED) is 0.693. The predicted molar refractivity (Wildman–Crippen MR) is 113 cm³/mol. The highest BCUT2D eigenvalue weighted by Gasteiger charge is 2.05. The Hall–Kier alpha value is -3.30. The highest BCUT2D eigenvalue weighted by Crippen LogP contribution is 2.09. The van der Waals surface area contributed by atoms with Gasteiger partial charge in [0.25, 0.3) is 0 Å². The van der Waals surface area contributed by atoms with Crippen LogP contribution in [0, 0.1) is 23.7 Å². The Morgan fingerprint density at radius 3 is 1.25 bits per heavy atom. The maximum Gasteiger partial charge on any atom is 0.119 e. The van der Waals surface area contributed by atoms with Gasteiger partial charge in [0.15, 0.2) is 0 Å². The van der Waals surface area contributed by atoms with Gasteiger partial charge in [0.1, 0.15) is 12.2 Å². The van der Waals surface area contributed by atoms with Gasteiger partial charge in [-0.2, -0.15) is 0 Å². The molecule has 3 aromatic carbocycles. The predicted octanol–water partition coefficient (Wildman–Crippen LogP) is 3.60. The van der Waals surface area contributed by atoms with E-state index in [1.165, 1.54) is 0 Å². The van der Waals surface area contributed by atoms with E-state index >= 15 is 0 Å². The van der Waals surface area contributed by atoms with E-state index in [1.54, 1.807) is 0 Å². The summed E-state index contributed by atoms with van der Waals surface area (Å²) in [6, 6.07) is 27.1. The third kappa shape index (κ3) is 6.45. The maximum absolute atomic E-state index is 10.1. The summed E-state index contributed by atoms with van der Waals surface area (Å²) >= 11 is 0. The fourth-order valence-electron chi connectivity index (χ4n) is 2.74. The molecule has 0 aliphatic rings. The molecule has 0 bridgehead atoms. The molecule has 2 unspecified atom stereocenters. The fourth-order valence-corrected chi connectivity index (χ4v) is 2.74. The van der Waals surface area contributed by atoms with Crippen molar-refractivity contribution in [3.63, 3.8) is 0 Å². The molecular weight excluding hydrogens is 344 g/mol. The average Bonchev–Trinajstić information content (AvgIpc) is 2.74. The molecule has 0 aromatic heterocycles. The lowest BCUT2D eigenvalue weighted by molar-refractivity contribution is 0.232. The second kappa shape index (κ2) is 10.1. The Labute approximate surface area is 166 Å². The molecule has 0 aliphatic heterocycles. The van der Waals surface area contributed by atoms with E-state index < -0.39 is 12.2 Å². The summed E-state index contributed by atoms with van der Waals surface area (Å²) in [4.78, 5) is 0. The molecule has 0 saturated heterocycles. The van der Waals surface area contributed by atoms with Gasteiger partial charge in [0.2, 0.25) is 0 Å². The molecule has 0 aliphatic carbocycles. The molecule has 0 saturated carbocycles. The van der Waals surface area contributed by atoms with Crippen molar-refractivity contribution in [3.05, 3.63) is 107 Å². The first-order chi connectivity index (χ1) is 13.7. The van der Waals surface area contributed by atoms with Crippen LogP contribution in [0.2, 0.25) is 0 Å².